The lowest BCUT2D eigenvalue weighted by molar-refractivity contribution is 0.174. The highest BCUT2D eigenvalue weighted by molar-refractivity contribution is 7.22. The van der Waals surface area contributed by atoms with Crippen LogP contribution >= 0.6 is 11.3 Å². The molecule has 0 unspecified atom stereocenters. The maximum absolute atomic E-state index is 13.6. The Hall–Kier alpha value is -3.33. The van der Waals surface area contributed by atoms with Gasteiger partial charge < -0.3 is 14.8 Å². The molecule has 0 amide bonds. The summed E-state index contributed by atoms with van der Waals surface area (Å²) in [7, 11) is 0. The zero-order chi connectivity index (χ0) is 20.0. The highest BCUT2D eigenvalue weighted by Crippen LogP contribution is 2.37. The second kappa shape index (κ2) is 6.93. The van der Waals surface area contributed by atoms with Crippen LogP contribution in [0.3, 0.4) is 0 Å². The van der Waals surface area contributed by atoms with Crippen molar-refractivity contribution < 1.29 is 22.6 Å². The van der Waals surface area contributed by atoms with E-state index in [4.69, 9.17) is 9.47 Å². The Morgan fingerprint density at radius 2 is 1.76 bits per heavy atom. The normalized spacial score (nSPS) is 12.5. The van der Waals surface area contributed by atoms with Crippen LogP contribution in [0.4, 0.5) is 19.0 Å². The summed E-state index contributed by atoms with van der Waals surface area (Å²) >= 11 is 1.27. The molecule has 146 valence electrons. The van der Waals surface area contributed by atoms with Crippen molar-refractivity contribution in [3.05, 3.63) is 65.7 Å². The molecular formula is C20H12F3N3O2S. The second-order valence-corrected chi connectivity index (χ2v) is 7.39. The Kier molecular flexibility index (Phi) is 4.24. The molecule has 9 heteroatoms. The van der Waals surface area contributed by atoms with Gasteiger partial charge >= 0.3 is 0 Å². The van der Waals surface area contributed by atoms with Crippen LogP contribution < -0.4 is 14.8 Å². The van der Waals surface area contributed by atoms with Crippen molar-refractivity contribution >= 4 is 27.4 Å². The minimum atomic E-state index is -1.49. The molecule has 1 aliphatic heterocycles. The molecule has 29 heavy (non-hydrogen) atoms. The Balaban J connectivity index is 1.45. The maximum Gasteiger partial charge on any atom is 0.231 e. The highest BCUT2D eigenvalue weighted by Gasteiger charge is 2.16. The van der Waals surface area contributed by atoms with Gasteiger partial charge in [0.25, 0.3) is 0 Å². The monoisotopic (exact) mass is 415 g/mol. The van der Waals surface area contributed by atoms with Gasteiger partial charge in [0.15, 0.2) is 29.0 Å². The Labute approximate surface area is 166 Å². The average Bonchev–Trinajstić information content (AvgIpc) is 3.36. The molecule has 0 radical (unpaired) electrons. The summed E-state index contributed by atoms with van der Waals surface area (Å²) in [5, 5.41) is 3.25. The number of hydrogen-bond acceptors (Lipinski definition) is 6. The summed E-state index contributed by atoms with van der Waals surface area (Å²) in [5.74, 6) is -1.96. The van der Waals surface area contributed by atoms with E-state index in [0.29, 0.717) is 34.3 Å². The smallest absolute Gasteiger partial charge is 0.231 e. The van der Waals surface area contributed by atoms with Gasteiger partial charge in [-0.1, -0.05) is 6.07 Å². The van der Waals surface area contributed by atoms with Crippen LogP contribution in [0.1, 0.15) is 5.56 Å². The van der Waals surface area contributed by atoms with Gasteiger partial charge in [0.1, 0.15) is 12.1 Å². The molecule has 0 saturated carbocycles. The van der Waals surface area contributed by atoms with Crippen LogP contribution in [0, 0.1) is 17.5 Å². The van der Waals surface area contributed by atoms with Gasteiger partial charge in [-0.25, -0.2) is 23.1 Å². The molecule has 0 bridgehead atoms. The number of ether oxygens (including phenoxy) is 2. The van der Waals surface area contributed by atoms with E-state index in [2.05, 4.69) is 15.3 Å². The first-order chi connectivity index (χ1) is 14.1. The Morgan fingerprint density at radius 3 is 2.59 bits per heavy atom. The number of anilines is 1. The van der Waals surface area contributed by atoms with E-state index in [0.717, 1.165) is 22.4 Å². The number of hydrogen-bond donors (Lipinski definition) is 1. The van der Waals surface area contributed by atoms with Gasteiger partial charge in [0, 0.05) is 11.4 Å². The Morgan fingerprint density at radius 1 is 0.966 bits per heavy atom. The van der Waals surface area contributed by atoms with Crippen molar-refractivity contribution in [1.82, 2.24) is 9.97 Å². The van der Waals surface area contributed by atoms with Crippen molar-refractivity contribution in [2.45, 2.75) is 6.54 Å². The molecule has 1 aliphatic rings. The third-order valence-corrected chi connectivity index (χ3v) is 5.66. The topological polar surface area (TPSA) is 56.3 Å². The molecule has 0 spiro atoms. The molecule has 3 heterocycles. The number of fused-ring (bicyclic) bond motifs is 2. The molecule has 1 N–H and O–H groups in total. The summed E-state index contributed by atoms with van der Waals surface area (Å²) in [6.07, 6.45) is 1.41. The summed E-state index contributed by atoms with van der Waals surface area (Å²) < 4.78 is 51.8. The Bertz CT molecular complexity index is 1220. The van der Waals surface area contributed by atoms with Gasteiger partial charge in [-0.3, -0.25) is 0 Å². The first kappa shape index (κ1) is 17.7. The SMILES string of the molecule is Fc1cc(-c2cc3ncnc(NCc4ccc5c(c4)OCO5)c3s2)cc(F)c1F. The largest absolute Gasteiger partial charge is 0.454 e. The van der Waals surface area contributed by atoms with Gasteiger partial charge in [0.2, 0.25) is 6.79 Å². The number of benzene rings is 2. The van der Waals surface area contributed by atoms with Crippen LogP contribution in [0.5, 0.6) is 11.5 Å². The number of nitrogens with one attached hydrogen (secondary N) is 1. The van der Waals surface area contributed by atoms with E-state index in [9.17, 15) is 13.2 Å². The van der Waals surface area contributed by atoms with Crippen molar-refractivity contribution in [3.63, 3.8) is 0 Å². The van der Waals surface area contributed by atoms with E-state index in [-0.39, 0.29) is 12.4 Å². The van der Waals surface area contributed by atoms with Crippen molar-refractivity contribution in [1.29, 1.82) is 0 Å². The number of halogens is 3. The summed E-state index contributed by atoms with van der Waals surface area (Å²) in [5.41, 5.74) is 1.84. The molecule has 0 fully saturated rings. The van der Waals surface area contributed by atoms with E-state index < -0.39 is 17.5 Å². The predicted molar refractivity (Wildman–Crippen MR) is 103 cm³/mol. The molecule has 0 atom stereocenters. The fraction of sp³-hybridized carbons (Fsp3) is 0.100. The van der Waals surface area contributed by atoms with Crippen LogP contribution in [0.15, 0.2) is 42.7 Å². The van der Waals surface area contributed by atoms with Crippen LogP contribution in [0.25, 0.3) is 20.7 Å². The van der Waals surface area contributed by atoms with Gasteiger partial charge in [-0.15, -0.1) is 11.3 Å². The van der Waals surface area contributed by atoms with Crippen LogP contribution in [0.2, 0.25) is 0 Å². The summed E-state index contributed by atoms with van der Waals surface area (Å²) in [4.78, 5) is 9.05. The maximum atomic E-state index is 13.6. The van der Waals surface area contributed by atoms with Crippen LogP contribution in [-0.2, 0) is 6.54 Å². The number of rotatable bonds is 4. The fourth-order valence-corrected chi connectivity index (χ4v) is 4.12. The standard InChI is InChI=1S/C20H12F3N3O2S/c21-12-4-11(5-13(22)18(12)23)17-6-14-19(29-17)20(26-8-25-14)24-7-10-1-2-15-16(3-10)28-9-27-15/h1-6,8H,7,9H2,(H,24,25,26). The number of thiophene rings is 1. The number of aromatic nitrogens is 2. The quantitative estimate of drug-likeness (QED) is 0.469. The molecule has 4 aromatic rings. The molecule has 0 saturated heterocycles. The van der Waals surface area contributed by atoms with Gasteiger partial charge in [-0.05, 0) is 41.5 Å². The molecule has 2 aromatic heterocycles. The highest BCUT2D eigenvalue weighted by atomic mass is 32.1. The molecule has 2 aromatic carbocycles. The van der Waals surface area contributed by atoms with Gasteiger partial charge in [-0.2, -0.15) is 0 Å². The third kappa shape index (κ3) is 3.23. The molecular weight excluding hydrogens is 403 g/mol. The second-order valence-electron chi connectivity index (χ2n) is 6.34. The van der Waals surface area contributed by atoms with E-state index >= 15 is 0 Å². The third-order valence-electron chi connectivity index (χ3n) is 4.48. The van der Waals surface area contributed by atoms with Crippen molar-refractivity contribution in [2.75, 3.05) is 12.1 Å². The first-order valence-electron chi connectivity index (χ1n) is 8.60. The lowest BCUT2D eigenvalue weighted by Crippen LogP contribution is -2.01. The minimum Gasteiger partial charge on any atom is -0.454 e. The first-order valence-corrected chi connectivity index (χ1v) is 9.42. The zero-order valence-electron chi connectivity index (χ0n) is 14.7. The zero-order valence-corrected chi connectivity index (χ0v) is 15.5. The van der Waals surface area contributed by atoms with E-state index in [1.807, 2.05) is 18.2 Å². The molecule has 5 nitrogen and oxygen atoms in total. The van der Waals surface area contributed by atoms with Gasteiger partial charge in [0.05, 0.1) is 10.2 Å². The summed E-state index contributed by atoms with van der Waals surface area (Å²) in [6, 6.07) is 9.28. The minimum absolute atomic E-state index is 0.210. The van der Waals surface area contributed by atoms with Crippen molar-refractivity contribution in [2.24, 2.45) is 0 Å². The van der Waals surface area contributed by atoms with E-state index in [1.54, 1.807) is 6.07 Å². The molecule has 5 rings (SSSR count). The lowest BCUT2D eigenvalue weighted by atomic mass is 10.1. The van der Waals surface area contributed by atoms with E-state index in [1.165, 1.54) is 17.7 Å². The molecule has 0 aliphatic carbocycles. The van der Waals surface area contributed by atoms with Crippen LogP contribution in [-0.4, -0.2) is 16.8 Å². The lowest BCUT2D eigenvalue weighted by Gasteiger charge is -2.07. The average molecular weight is 415 g/mol. The predicted octanol–water partition coefficient (Wildman–Crippen LogP) is 5.12. The van der Waals surface area contributed by atoms with Crippen molar-refractivity contribution in [3.8, 4) is 21.9 Å². The number of nitrogens with zero attached hydrogens (tertiary/aromatic N) is 2. The summed E-state index contributed by atoms with van der Waals surface area (Å²) in [6.45, 7) is 0.692. The fourth-order valence-electron chi connectivity index (χ4n) is 3.06.